The minimum atomic E-state index is -0.706. The van der Waals surface area contributed by atoms with Crippen LogP contribution in [0.25, 0.3) is 6.08 Å². The zero-order chi connectivity index (χ0) is 32.8. The Hall–Kier alpha value is -5.46. The third-order valence-corrected chi connectivity index (χ3v) is 8.29. The smallest absolute Gasteiger partial charge is 0.272 e. The maximum Gasteiger partial charge on any atom is 0.272 e. The van der Waals surface area contributed by atoms with E-state index in [-0.39, 0.29) is 28.7 Å². The van der Waals surface area contributed by atoms with Crippen molar-refractivity contribution in [1.29, 1.82) is 0 Å². The first-order valence-electron chi connectivity index (χ1n) is 13.7. The number of carbonyl (C=O) groups is 4. The Morgan fingerprint density at radius 2 is 1.74 bits per heavy atom. The molecule has 4 amide bonds. The summed E-state index contributed by atoms with van der Waals surface area (Å²) in [6.07, 6.45) is 1.37. The third kappa shape index (κ3) is 7.42. The van der Waals surface area contributed by atoms with Crippen molar-refractivity contribution in [3.8, 4) is 5.75 Å². The van der Waals surface area contributed by atoms with E-state index in [0.717, 1.165) is 4.90 Å². The molecule has 0 radical (unpaired) electrons. The molecule has 0 unspecified atom stereocenters. The van der Waals surface area contributed by atoms with E-state index in [0.29, 0.717) is 33.1 Å². The lowest BCUT2D eigenvalue weighted by atomic mass is 10.1. The average Bonchev–Trinajstić information content (AvgIpc) is 3.33. The molecule has 0 aliphatic carbocycles. The van der Waals surface area contributed by atoms with Crippen molar-refractivity contribution in [3.63, 3.8) is 0 Å². The Bertz CT molecular complexity index is 1870. The number of non-ortho nitro benzene ring substituents is 1. The van der Waals surface area contributed by atoms with Crippen LogP contribution in [0.5, 0.6) is 5.75 Å². The van der Waals surface area contributed by atoms with Crippen molar-refractivity contribution in [2.24, 2.45) is 0 Å². The highest BCUT2D eigenvalue weighted by atomic mass is 35.5. The first-order chi connectivity index (χ1) is 22.1. The number of nitrogens with zero attached hydrogens (tertiary/aromatic N) is 2. The number of amides is 4. The Kier molecular flexibility index (Phi) is 9.79. The van der Waals surface area contributed by atoms with Crippen LogP contribution in [0.15, 0.2) is 108 Å². The van der Waals surface area contributed by atoms with Crippen LogP contribution in [0.4, 0.5) is 17.1 Å². The second-order valence-electron chi connectivity index (χ2n) is 9.91. The van der Waals surface area contributed by atoms with Crippen LogP contribution in [0, 0.1) is 10.1 Å². The molecule has 2 N–H and O–H groups in total. The first-order valence-corrected chi connectivity index (χ1v) is 15.0. The van der Waals surface area contributed by atoms with Gasteiger partial charge >= 0.3 is 0 Å². The van der Waals surface area contributed by atoms with Gasteiger partial charge in [0, 0.05) is 34.7 Å². The SMILES string of the molecule is COc1ccc(N2C(=O)C[C@H](Sc3cccc(NC(=O)/C(=C/c4ccc([N+](=O)[O-])cc4)NC(=O)c4ccccc4)c3)C2=O)cc1Cl. The van der Waals surface area contributed by atoms with Gasteiger partial charge in [-0.3, -0.25) is 29.3 Å². The molecule has 1 atom stereocenters. The van der Waals surface area contributed by atoms with E-state index in [4.69, 9.17) is 16.3 Å². The van der Waals surface area contributed by atoms with Gasteiger partial charge in [-0.15, -0.1) is 11.8 Å². The van der Waals surface area contributed by atoms with Crippen LogP contribution in [-0.2, 0) is 14.4 Å². The van der Waals surface area contributed by atoms with E-state index in [1.807, 2.05) is 0 Å². The number of nitro groups is 1. The van der Waals surface area contributed by atoms with Crippen LogP contribution < -0.4 is 20.3 Å². The number of thioether (sulfide) groups is 1. The van der Waals surface area contributed by atoms with Gasteiger partial charge in [0.05, 0.1) is 28.0 Å². The van der Waals surface area contributed by atoms with Gasteiger partial charge in [-0.25, -0.2) is 4.90 Å². The molecule has 11 nitrogen and oxygen atoms in total. The summed E-state index contributed by atoms with van der Waals surface area (Å²) in [5, 5.41) is 16.0. The molecule has 1 aliphatic rings. The molecule has 1 saturated heterocycles. The molecule has 0 spiro atoms. The summed E-state index contributed by atoms with van der Waals surface area (Å²) in [6, 6.07) is 25.2. The molecule has 46 heavy (non-hydrogen) atoms. The summed E-state index contributed by atoms with van der Waals surface area (Å²) in [4.78, 5) is 64.7. The molecular formula is C33H25ClN4O7S. The predicted molar refractivity (Wildman–Crippen MR) is 175 cm³/mol. The Labute approximate surface area is 272 Å². The van der Waals surface area contributed by atoms with Gasteiger partial charge in [0.2, 0.25) is 11.8 Å². The monoisotopic (exact) mass is 656 g/mol. The quantitative estimate of drug-likeness (QED) is 0.0902. The molecule has 0 aromatic heterocycles. The minimum absolute atomic E-state index is 0.0304. The van der Waals surface area contributed by atoms with Crippen molar-refractivity contribution in [3.05, 3.63) is 129 Å². The Balaban J connectivity index is 1.33. The van der Waals surface area contributed by atoms with Gasteiger partial charge < -0.3 is 15.4 Å². The number of hydrogen-bond donors (Lipinski definition) is 2. The topological polar surface area (TPSA) is 148 Å². The number of nitro benzene ring substituents is 1. The summed E-state index contributed by atoms with van der Waals surface area (Å²) in [7, 11) is 1.47. The molecule has 0 bridgehead atoms. The highest BCUT2D eigenvalue weighted by Gasteiger charge is 2.40. The number of benzene rings is 4. The standard InChI is InChI=1S/C33H25ClN4O7S/c1-45-28-15-14-24(18-26(28)34)37-30(39)19-29(33(37)42)46-25-9-5-8-22(17-25)35-32(41)27(36-31(40)21-6-3-2-4-7-21)16-20-10-12-23(13-11-20)38(43)44/h2-18,29H,19H2,1H3,(H,35,41)(H,36,40)/b27-16-/t29-/m0/s1. The van der Waals surface area contributed by atoms with Gasteiger partial charge in [-0.2, -0.15) is 0 Å². The van der Waals surface area contributed by atoms with E-state index in [9.17, 15) is 29.3 Å². The highest BCUT2D eigenvalue weighted by Crippen LogP contribution is 2.37. The number of halogens is 1. The minimum Gasteiger partial charge on any atom is -0.495 e. The number of rotatable bonds is 10. The van der Waals surface area contributed by atoms with E-state index in [1.54, 1.807) is 66.7 Å². The molecule has 13 heteroatoms. The first kappa shape index (κ1) is 31.9. The molecule has 4 aromatic rings. The average molecular weight is 657 g/mol. The largest absolute Gasteiger partial charge is 0.495 e. The number of nitrogens with one attached hydrogen (secondary N) is 2. The third-order valence-electron chi connectivity index (χ3n) is 6.81. The lowest BCUT2D eigenvalue weighted by Crippen LogP contribution is -2.31. The molecule has 232 valence electrons. The van der Waals surface area contributed by atoms with Gasteiger partial charge in [0.15, 0.2) is 0 Å². The Morgan fingerprint density at radius 3 is 2.41 bits per heavy atom. The van der Waals surface area contributed by atoms with Crippen LogP contribution in [-0.4, -0.2) is 40.9 Å². The highest BCUT2D eigenvalue weighted by molar-refractivity contribution is 8.00. The van der Waals surface area contributed by atoms with E-state index < -0.39 is 27.9 Å². The van der Waals surface area contributed by atoms with E-state index in [2.05, 4.69) is 10.6 Å². The maximum absolute atomic E-state index is 13.4. The zero-order valence-corrected chi connectivity index (χ0v) is 25.7. The fraction of sp³-hybridized carbons (Fsp3) is 0.0909. The zero-order valence-electron chi connectivity index (χ0n) is 24.1. The molecule has 1 heterocycles. The fourth-order valence-electron chi connectivity index (χ4n) is 4.57. The second-order valence-corrected chi connectivity index (χ2v) is 11.6. The molecule has 0 saturated carbocycles. The maximum atomic E-state index is 13.4. The van der Waals surface area contributed by atoms with Crippen LogP contribution >= 0.6 is 23.4 Å². The van der Waals surface area contributed by atoms with Gasteiger partial charge in [0.1, 0.15) is 11.4 Å². The number of anilines is 2. The fourth-order valence-corrected chi connectivity index (χ4v) is 5.94. The van der Waals surface area contributed by atoms with Gasteiger partial charge in [-0.05, 0) is 72.3 Å². The molecular weight excluding hydrogens is 632 g/mol. The molecule has 4 aromatic carbocycles. The van der Waals surface area contributed by atoms with Crippen molar-refractivity contribution < 1.29 is 28.8 Å². The van der Waals surface area contributed by atoms with E-state index >= 15 is 0 Å². The normalized spacial score (nSPS) is 14.6. The lowest BCUT2D eigenvalue weighted by molar-refractivity contribution is -0.384. The van der Waals surface area contributed by atoms with Crippen LogP contribution in [0.2, 0.25) is 5.02 Å². The lowest BCUT2D eigenvalue weighted by Gasteiger charge is -2.16. The summed E-state index contributed by atoms with van der Waals surface area (Å²) >= 11 is 7.38. The summed E-state index contributed by atoms with van der Waals surface area (Å²) < 4.78 is 5.15. The molecule has 1 fully saturated rings. The van der Waals surface area contributed by atoms with Crippen molar-refractivity contribution in [2.75, 3.05) is 17.3 Å². The van der Waals surface area contributed by atoms with Crippen LogP contribution in [0.1, 0.15) is 22.3 Å². The molecule has 5 rings (SSSR count). The Morgan fingerprint density at radius 1 is 1.00 bits per heavy atom. The second kappa shape index (κ2) is 14.1. The number of hydrogen-bond acceptors (Lipinski definition) is 8. The van der Waals surface area contributed by atoms with Crippen molar-refractivity contribution in [1.82, 2.24) is 5.32 Å². The summed E-state index contributed by atoms with van der Waals surface area (Å²) in [5.41, 5.74) is 1.25. The number of methoxy groups -OCH3 is 1. The van der Waals surface area contributed by atoms with Crippen molar-refractivity contribution >= 4 is 70.1 Å². The predicted octanol–water partition coefficient (Wildman–Crippen LogP) is 6.09. The number of imide groups is 1. The summed E-state index contributed by atoms with van der Waals surface area (Å²) in [6.45, 7) is 0. The van der Waals surface area contributed by atoms with Gasteiger partial charge in [0.25, 0.3) is 17.5 Å². The summed E-state index contributed by atoms with van der Waals surface area (Å²) in [5.74, 6) is -1.54. The number of ether oxygens (including phenoxy) is 1. The molecule has 1 aliphatic heterocycles. The van der Waals surface area contributed by atoms with Crippen LogP contribution in [0.3, 0.4) is 0 Å². The van der Waals surface area contributed by atoms with Gasteiger partial charge in [-0.1, -0.05) is 35.9 Å². The number of carbonyl (C=O) groups excluding carboxylic acids is 4. The van der Waals surface area contributed by atoms with Crippen molar-refractivity contribution in [2.45, 2.75) is 16.6 Å². The van der Waals surface area contributed by atoms with E-state index in [1.165, 1.54) is 55.3 Å².